The Morgan fingerprint density at radius 2 is 1.83 bits per heavy atom. The van der Waals surface area contributed by atoms with Crippen molar-refractivity contribution in [1.29, 1.82) is 0 Å². The van der Waals surface area contributed by atoms with Crippen LogP contribution in [0.3, 0.4) is 0 Å². The van der Waals surface area contributed by atoms with Gasteiger partial charge < -0.3 is 9.67 Å². The molecule has 0 spiro atoms. The molecule has 0 saturated carbocycles. The normalized spacial score (nSPS) is 17.8. The van der Waals surface area contributed by atoms with Gasteiger partial charge in [-0.1, -0.05) is 48.5 Å². The summed E-state index contributed by atoms with van der Waals surface area (Å²) < 4.78 is 2.23. The SMILES string of the molecule is O=C(O)C[C@H]1CN(Cc2ccccc2)Cc2cc3ccccc3n21. The molecule has 2 heterocycles. The van der Waals surface area contributed by atoms with Crippen LogP contribution in [0.15, 0.2) is 60.7 Å². The molecule has 1 aliphatic rings. The average Bonchev–Trinajstić information content (AvgIpc) is 2.93. The molecule has 1 aliphatic heterocycles. The van der Waals surface area contributed by atoms with Crippen LogP contribution in [0.2, 0.25) is 0 Å². The van der Waals surface area contributed by atoms with E-state index in [9.17, 15) is 9.90 Å². The van der Waals surface area contributed by atoms with E-state index in [2.05, 4.69) is 39.8 Å². The van der Waals surface area contributed by atoms with Crippen molar-refractivity contribution < 1.29 is 9.90 Å². The highest BCUT2D eigenvalue weighted by molar-refractivity contribution is 5.82. The minimum Gasteiger partial charge on any atom is -0.481 e. The topological polar surface area (TPSA) is 45.5 Å². The van der Waals surface area contributed by atoms with Crippen LogP contribution in [-0.2, 0) is 17.9 Å². The number of carboxylic acid groups (broad SMARTS) is 1. The number of rotatable bonds is 4. The lowest BCUT2D eigenvalue weighted by atomic mass is 10.1. The van der Waals surface area contributed by atoms with Gasteiger partial charge in [0.2, 0.25) is 0 Å². The van der Waals surface area contributed by atoms with E-state index in [-0.39, 0.29) is 12.5 Å². The summed E-state index contributed by atoms with van der Waals surface area (Å²) in [5.74, 6) is -0.745. The van der Waals surface area contributed by atoms with Crippen LogP contribution in [0.5, 0.6) is 0 Å². The molecule has 4 nitrogen and oxygen atoms in total. The van der Waals surface area contributed by atoms with Crippen molar-refractivity contribution in [3.8, 4) is 0 Å². The largest absolute Gasteiger partial charge is 0.481 e. The third-order valence-corrected chi connectivity index (χ3v) is 4.71. The molecular formula is C20H20N2O2. The van der Waals surface area contributed by atoms with E-state index in [4.69, 9.17) is 0 Å². The van der Waals surface area contributed by atoms with Crippen LogP contribution in [-0.4, -0.2) is 27.1 Å². The Bertz CT molecular complexity index is 870. The highest BCUT2D eigenvalue weighted by Crippen LogP contribution is 2.32. The summed E-state index contributed by atoms with van der Waals surface area (Å²) >= 11 is 0. The molecule has 4 rings (SSSR count). The molecule has 1 aromatic heterocycles. The number of para-hydroxylation sites is 1. The summed E-state index contributed by atoms with van der Waals surface area (Å²) in [5, 5.41) is 10.5. The zero-order valence-corrected chi connectivity index (χ0v) is 13.4. The Labute approximate surface area is 140 Å². The maximum Gasteiger partial charge on any atom is 0.305 e. The van der Waals surface area contributed by atoms with Crippen molar-refractivity contribution in [2.45, 2.75) is 25.6 Å². The fraction of sp³-hybridized carbons (Fsp3) is 0.250. The van der Waals surface area contributed by atoms with Gasteiger partial charge in [-0.15, -0.1) is 0 Å². The first-order valence-corrected chi connectivity index (χ1v) is 8.27. The van der Waals surface area contributed by atoms with Crippen molar-refractivity contribution in [3.05, 3.63) is 71.9 Å². The zero-order valence-electron chi connectivity index (χ0n) is 13.4. The standard InChI is InChI=1S/C20H20N2O2/c23-20(24)11-18-14-21(12-15-6-2-1-3-7-15)13-17-10-16-8-4-5-9-19(16)22(17)18/h1-10,18H,11-14H2,(H,23,24)/t18-/m0/s1. The number of fused-ring (bicyclic) bond motifs is 3. The first-order valence-electron chi connectivity index (χ1n) is 8.27. The van der Waals surface area contributed by atoms with Gasteiger partial charge in [-0.2, -0.15) is 0 Å². The molecule has 0 unspecified atom stereocenters. The van der Waals surface area contributed by atoms with Crippen LogP contribution in [0.25, 0.3) is 10.9 Å². The first kappa shape index (κ1) is 15.0. The van der Waals surface area contributed by atoms with Crippen LogP contribution in [0, 0.1) is 0 Å². The molecule has 0 bridgehead atoms. The van der Waals surface area contributed by atoms with Crippen LogP contribution < -0.4 is 0 Å². The van der Waals surface area contributed by atoms with Gasteiger partial charge in [-0.3, -0.25) is 9.69 Å². The summed E-state index contributed by atoms with van der Waals surface area (Å²) in [5.41, 5.74) is 3.60. The number of aliphatic carboxylic acids is 1. The predicted molar refractivity (Wildman–Crippen MR) is 93.8 cm³/mol. The maximum atomic E-state index is 11.4. The second-order valence-corrected chi connectivity index (χ2v) is 6.47. The number of carboxylic acids is 1. The molecule has 24 heavy (non-hydrogen) atoms. The summed E-state index contributed by atoms with van der Waals surface area (Å²) in [4.78, 5) is 13.7. The smallest absolute Gasteiger partial charge is 0.305 e. The fourth-order valence-corrected chi connectivity index (χ4v) is 3.78. The van der Waals surface area contributed by atoms with Crippen molar-refractivity contribution in [2.24, 2.45) is 0 Å². The molecule has 2 aromatic carbocycles. The quantitative estimate of drug-likeness (QED) is 0.798. The van der Waals surface area contributed by atoms with Crippen molar-refractivity contribution in [3.63, 3.8) is 0 Å². The minimum absolute atomic E-state index is 0.0325. The van der Waals surface area contributed by atoms with E-state index in [1.54, 1.807) is 0 Å². The molecule has 0 radical (unpaired) electrons. The zero-order chi connectivity index (χ0) is 16.5. The van der Waals surface area contributed by atoms with Gasteiger partial charge >= 0.3 is 5.97 Å². The van der Waals surface area contributed by atoms with Crippen molar-refractivity contribution >= 4 is 16.9 Å². The number of carbonyl (C=O) groups is 1. The lowest BCUT2D eigenvalue weighted by Gasteiger charge is -2.35. The Hall–Kier alpha value is -2.59. The highest BCUT2D eigenvalue weighted by atomic mass is 16.4. The van der Waals surface area contributed by atoms with E-state index in [1.165, 1.54) is 16.6 Å². The van der Waals surface area contributed by atoms with Gasteiger partial charge in [-0.05, 0) is 23.1 Å². The second kappa shape index (κ2) is 6.13. The molecule has 0 fully saturated rings. The highest BCUT2D eigenvalue weighted by Gasteiger charge is 2.28. The Kier molecular flexibility index (Phi) is 3.82. The van der Waals surface area contributed by atoms with Gasteiger partial charge in [-0.25, -0.2) is 0 Å². The summed E-state index contributed by atoms with van der Waals surface area (Å²) in [6.45, 7) is 2.45. The van der Waals surface area contributed by atoms with Gasteiger partial charge in [0, 0.05) is 30.8 Å². The molecule has 0 aliphatic carbocycles. The summed E-state index contributed by atoms with van der Waals surface area (Å²) in [7, 11) is 0. The molecule has 4 heteroatoms. The van der Waals surface area contributed by atoms with Crippen molar-refractivity contribution in [1.82, 2.24) is 9.47 Å². The lowest BCUT2D eigenvalue weighted by Crippen LogP contribution is -2.37. The third-order valence-electron chi connectivity index (χ3n) is 4.71. The van der Waals surface area contributed by atoms with Gasteiger partial charge in [0.15, 0.2) is 0 Å². The van der Waals surface area contributed by atoms with E-state index < -0.39 is 5.97 Å². The molecular weight excluding hydrogens is 300 g/mol. The lowest BCUT2D eigenvalue weighted by molar-refractivity contribution is -0.138. The molecule has 1 N–H and O–H groups in total. The Balaban J connectivity index is 1.69. The van der Waals surface area contributed by atoms with Crippen LogP contribution in [0.4, 0.5) is 0 Å². The Morgan fingerprint density at radius 3 is 2.62 bits per heavy atom. The van der Waals surface area contributed by atoms with E-state index in [1.807, 2.05) is 30.3 Å². The predicted octanol–water partition coefficient (Wildman–Crippen LogP) is 3.67. The van der Waals surface area contributed by atoms with Gasteiger partial charge in [0.25, 0.3) is 0 Å². The fourth-order valence-electron chi connectivity index (χ4n) is 3.78. The molecule has 3 aromatic rings. The second-order valence-electron chi connectivity index (χ2n) is 6.47. The van der Waals surface area contributed by atoms with E-state index >= 15 is 0 Å². The van der Waals surface area contributed by atoms with E-state index in [0.717, 1.165) is 25.2 Å². The number of hydrogen-bond donors (Lipinski definition) is 1. The van der Waals surface area contributed by atoms with Gasteiger partial charge in [0.1, 0.15) is 0 Å². The molecule has 122 valence electrons. The minimum atomic E-state index is -0.745. The monoisotopic (exact) mass is 320 g/mol. The van der Waals surface area contributed by atoms with Crippen LogP contribution >= 0.6 is 0 Å². The summed E-state index contributed by atoms with van der Waals surface area (Å²) in [6, 6.07) is 20.7. The number of aromatic nitrogens is 1. The maximum absolute atomic E-state index is 11.4. The van der Waals surface area contributed by atoms with Gasteiger partial charge in [0.05, 0.1) is 12.5 Å². The molecule has 0 amide bonds. The number of benzene rings is 2. The molecule has 0 saturated heterocycles. The number of nitrogens with zero attached hydrogens (tertiary/aromatic N) is 2. The first-order chi connectivity index (χ1) is 11.7. The van der Waals surface area contributed by atoms with Crippen molar-refractivity contribution in [2.75, 3.05) is 6.54 Å². The van der Waals surface area contributed by atoms with Crippen LogP contribution in [0.1, 0.15) is 23.7 Å². The van der Waals surface area contributed by atoms with E-state index in [0.29, 0.717) is 0 Å². The Morgan fingerprint density at radius 1 is 1.08 bits per heavy atom. The molecule has 1 atom stereocenters. The summed E-state index contributed by atoms with van der Waals surface area (Å²) in [6.07, 6.45) is 0.150. The average molecular weight is 320 g/mol. The third kappa shape index (κ3) is 2.81. The number of hydrogen-bond acceptors (Lipinski definition) is 2.